The summed E-state index contributed by atoms with van der Waals surface area (Å²) >= 11 is 0. The number of hydrogen-bond donors (Lipinski definition) is 1. The first-order valence-corrected chi connectivity index (χ1v) is 11.7. The molecule has 0 bridgehead atoms. The average molecular weight is 434 g/mol. The first kappa shape index (κ1) is 22.1. The molecule has 5 heteroatoms. The molecule has 0 radical (unpaired) electrons. The first-order chi connectivity index (χ1) is 15.6. The van der Waals surface area contributed by atoms with Crippen LogP contribution in [0.5, 0.6) is 5.75 Å². The Hall–Kier alpha value is -3.08. The van der Waals surface area contributed by atoms with Gasteiger partial charge < -0.3 is 14.7 Å². The summed E-state index contributed by atoms with van der Waals surface area (Å²) < 4.78 is 5.67. The fourth-order valence-corrected chi connectivity index (χ4v) is 4.95. The van der Waals surface area contributed by atoms with Crippen molar-refractivity contribution in [1.82, 2.24) is 4.90 Å². The van der Waals surface area contributed by atoms with Gasteiger partial charge in [0.05, 0.1) is 18.2 Å². The summed E-state index contributed by atoms with van der Waals surface area (Å²) in [5, 5.41) is 10.9. The van der Waals surface area contributed by atoms with Crippen LogP contribution in [0.4, 0.5) is 0 Å². The number of ketones is 1. The quantitative estimate of drug-likeness (QED) is 0.612. The van der Waals surface area contributed by atoms with E-state index < -0.39 is 11.9 Å². The molecule has 4 rings (SSSR count). The van der Waals surface area contributed by atoms with Gasteiger partial charge in [-0.25, -0.2) is 0 Å². The Morgan fingerprint density at radius 2 is 1.81 bits per heavy atom. The van der Waals surface area contributed by atoms with E-state index in [4.69, 9.17) is 4.74 Å². The Morgan fingerprint density at radius 3 is 2.53 bits per heavy atom. The van der Waals surface area contributed by atoms with E-state index in [1.807, 2.05) is 61.5 Å². The number of rotatable bonds is 8. The smallest absolute Gasteiger partial charge is 0.290 e. The Kier molecular flexibility index (Phi) is 6.93. The van der Waals surface area contributed by atoms with E-state index in [1.165, 1.54) is 0 Å². The van der Waals surface area contributed by atoms with E-state index in [-0.39, 0.29) is 29.6 Å². The predicted octanol–water partition coefficient (Wildman–Crippen LogP) is 5.32. The number of benzene rings is 2. The molecular weight excluding hydrogens is 402 g/mol. The topological polar surface area (TPSA) is 66.8 Å². The SMILES string of the molecule is CCOc1cccc(C2C(C(=O)CCc3ccccc3)=C(O)C(=O)N2C2CCCCC2)c1. The number of aliphatic hydroxyl groups excluding tert-OH is 1. The molecule has 1 aliphatic carbocycles. The van der Waals surface area contributed by atoms with Crippen LogP contribution in [-0.4, -0.2) is 34.3 Å². The minimum absolute atomic E-state index is 0.0265. The van der Waals surface area contributed by atoms with Crippen molar-refractivity contribution in [3.05, 3.63) is 77.1 Å². The number of ether oxygens (including phenoxy) is 1. The Bertz CT molecular complexity index is 992. The fraction of sp³-hybridized carbons (Fsp3) is 0.407. The van der Waals surface area contributed by atoms with E-state index in [9.17, 15) is 14.7 Å². The van der Waals surface area contributed by atoms with Crippen LogP contribution in [-0.2, 0) is 16.0 Å². The van der Waals surface area contributed by atoms with E-state index in [2.05, 4.69) is 0 Å². The van der Waals surface area contributed by atoms with Crippen molar-refractivity contribution in [2.45, 2.75) is 64.0 Å². The van der Waals surface area contributed by atoms with Gasteiger partial charge in [-0.1, -0.05) is 61.7 Å². The van der Waals surface area contributed by atoms with Gasteiger partial charge in [0.1, 0.15) is 5.75 Å². The zero-order chi connectivity index (χ0) is 22.5. The van der Waals surface area contributed by atoms with Gasteiger partial charge in [-0.3, -0.25) is 9.59 Å². The van der Waals surface area contributed by atoms with Gasteiger partial charge in [0.15, 0.2) is 11.5 Å². The number of carbonyl (C=O) groups excluding carboxylic acids is 2. The number of hydrogen-bond acceptors (Lipinski definition) is 4. The summed E-state index contributed by atoms with van der Waals surface area (Å²) in [7, 11) is 0. The number of aliphatic hydroxyl groups is 1. The van der Waals surface area contributed by atoms with Crippen molar-refractivity contribution in [3.63, 3.8) is 0 Å². The molecule has 0 spiro atoms. The van der Waals surface area contributed by atoms with Gasteiger partial charge in [0.25, 0.3) is 5.91 Å². The van der Waals surface area contributed by atoms with E-state index in [0.717, 1.165) is 43.2 Å². The average Bonchev–Trinajstić information content (AvgIpc) is 3.10. The molecule has 2 aromatic rings. The number of aryl methyl sites for hydroxylation is 1. The van der Waals surface area contributed by atoms with Gasteiger partial charge in [-0.2, -0.15) is 0 Å². The summed E-state index contributed by atoms with van der Waals surface area (Å²) in [4.78, 5) is 28.4. The molecule has 1 atom stereocenters. The number of amides is 1. The molecule has 5 nitrogen and oxygen atoms in total. The van der Waals surface area contributed by atoms with E-state index in [0.29, 0.717) is 18.8 Å². The van der Waals surface area contributed by atoms with Crippen LogP contribution in [0.2, 0.25) is 0 Å². The molecular formula is C27H31NO4. The molecule has 0 saturated heterocycles. The van der Waals surface area contributed by atoms with Gasteiger partial charge in [0.2, 0.25) is 0 Å². The Labute approximate surface area is 189 Å². The normalized spacial score (nSPS) is 19.5. The Balaban J connectivity index is 1.67. The number of nitrogens with zero attached hydrogens (tertiary/aromatic N) is 1. The zero-order valence-electron chi connectivity index (χ0n) is 18.6. The largest absolute Gasteiger partial charge is 0.503 e. The molecule has 1 saturated carbocycles. The van der Waals surface area contributed by atoms with Crippen molar-refractivity contribution in [2.24, 2.45) is 0 Å². The van der Waals surface area contributed by atoms with E-state index >= 15 is 0 Å². The zero-order valence-corrected chi connectivity index (χ0v) is 18.6. The molecule has 1 fully saturated rings. The highest BCUT2D eigenvalue weighted by Gasteiger charge is 2.46. The van der Waals surface area contributed by atoms with Gasteiger partial charge in [-0.05, 0) is 49.4 Å². The second-order valence-electron chi connectivity index (χ2n) is 8.58. The van der Waals surface area contributed by atoms with Crippen LogP contribution in [0.1, 0.15) is 62.6 Å². The van der Waals surface area contributed by atoms with Gasteiger partial charge >= 0.3 is 0 Å². The summed E-state index contributed by atoms with van der Waals surface area (Å²) in [5.41, 5.74) is 2.09. The van der Waals surface area contributed by atoms with Crippen LogP contribution < -0.4 is 4.74 Å². The van der Waals surface area contributed by atoms with Gasteiger partial charge in [0, 0.05) is 12.5 Å². The summed E-state index contributed by atoms with van der Waals surface area (Å²) in [6.07, 6.45) is 5.87. The highest BCUT2D eigenvalue weighted by molar-refractivity contribution is 6.09. The van der Waals surface area contributed by atoms with E-state index in [1.54, 1.807) is 4.90 Å². The van der Waals surface area contributed by atoms with Gasteiger partial charge in [-0.15, -0.1) is 0 Å². The molecule has 2 aliphatic rings. The molecule has 2 aromatic carbocycles. The third kappa shape index (κ3) is 4.57. The van der Waals surface area contributed by atoms with Crippen molar-refractivity contribution >= 4 is 11.7 Å². The summed E-state index contributed by atoms with van der Waals surface area (Å²) in [6.45, 7) is 2.45. The molecule has 1 heterocycles. The maximum Gasteiger partial charge on any atom is 0.290 e. The molecule has 1 unspecified atom stereocenters. The third-order valence-electron chi connectivity index (χ3n) is 6.48. The lowest BCUT2D eigenvalue weighted by atomic mass is 9.89. The number of carbonyl (C=O) groups is 2. The van der Waals surface area contributed by atoms with Crippen LogP contribution in [0.3, 0.4) is 0 Å². The lowest BCUT2D eigenvalue weighted by molar-refractivity contribution is -0.132. The molecule has 1 N–H and O–H groups in total. The van der Waals surface area contributed by atoms with Crippen molar-refractivity contribution < 1.29 is 19.4 Å². The maximum atomic E-state index is 13.4. The van der Waals surface area contributed by atoms with Crippen molar-refractivity contribution in [1.29, 1.82) is 0 Å². The lowest BCUT2D eigenvalue weighted by Crippen LogP contribution is -2.41. The van der Waals surface area contributed by atoms with Crippen LogP contribution >= 0.6 is 0 Å². The van der Waals surface area contributed by atoms with Crippen LogP contribution in [0.15, 0.2) is 65.9 Å². The van der Waals surface area contributed by atoms with Crippen LogP contribution in [0, 0.1) is 0 Å². The summed E-state index contributed by atoms with van der Waals surface area (Å²) in [5.74, 6) is -0.291. The second kappa shape index (κ2) is 10.0. The highest BCUT2D eigenvalue weighted by Crippen LogP contribution is 2.43. The standard InChI is InChI=1S/C27H31NO4/c1-2-32-22-15-9-12-20(18-22)25-24(23(29)17-16-19-10-5-3-6-11-19)26(30)27(31)28(25)21-13-7-4-8-14-21/h3,5-6,9-12,15,18,21,25,30H,2,4,7-8,13-14,16-17H2,1H3. The second-order valence-corrected chi connectivity index (χ2v) is 8.58. The Morgan fingerprint density at radius 1 is 1.06 bits per heavy atom. The van der Waals surface area contributed by atoms with Crippen molar-refractivity contribution in [2.75, 3.05) is 6.61 Å². The molecule has 0 aromatic heterocycles. The molecule has 32 heavy (non-hydrogen) atoms. The van der Waals surface area contributed by atoms with Crippen LogP contribution in [0.25, 0.3) is 0 Å². The molecule has 168 valence electrons. The van der Waals surface area contributed by atoms with Crippen molar-refractivity contribution in [3.8, 4) is 5.75 Å². The predicted molar refractivity (Wildman–Crippen MR) is 123 cm³/mol. The molecule has 1 amide bonds. The minimum atomic E-state index is -0.575. The minimum Gasteiger partial charge on any atom is -0.503 e. The highest BCUT2D eigenvalue weighted by atomic mass is 16.5. The number of Topliss-reactive ketones (excluding diaryl/α,β-unsaturated/α-hetero) is 1. The first-order valence-electron chi connectivity index (χ1n) is 11.7. The lowest BCUT2D eigenvalue weighted by Gasteiger charge is -2.36. The molecule has 1 aliphatic heterocycles. The summed E-state index contributed by atoms with van der Waals surface area (Å²) in [6, 6.07) is 16.8. The third-order valence-corrected chi connectivity index (χ3v) is 6.48. The monoisotopic (exact) mass is 433 g/mol. The maximum absolute atomic E-state index is 13.4. The fourth-order valence-electron chi connectivity index (χ4n) is 4.95.